The van der Waals surface area contributed by atoms with Gasteiger partial charge in [0.05, 0.1) is 16.8 Å². The van der Waals surface area contributed by atoms with Crippen molar-refractivity contribution in [2.45, 2.75) is 39.5 Å². The normalized spacial score (nSPS) is 11.6. The number of amides is 1. The fourth-order valence-corrected chi connectivity index (χ4v) is 5.90. The van der Waals surface area contributed by atoms with Gasteiger partial charge in [0.1, 0.15) is 6.54 Å². The molecule has 4 rings (SSSR count). The molecule has 0 aliphatic rings. The first-order chi connectivity index (χ1) is 18.5. The minimum Gasteiger partial charge on any atom is -0.318 e. The number of aromatic nitrogens is 1. The van der Waals surface area contributed by atoms with Gasteiger partial charge in [0.15, 0.2) is 0 Å². The van der Waals surface area contributed by atoms with E-state index in [-0.39, 0.29) is 10.6 Å². The number of nitrogens with zero attached hydrogens (tertiary/aromatic N) is 3. The Kier molecular flexibility index (Phi) is 8.28. The summed E-state index contributed by atoms with van der Waals surface area (Å²) in [5.74, 6) is -0.592. The van der Waals surface area contributed by atoms with Crippen LogP contribution < -0.4 is 9.73 Å². The Labute approximate surface area is 234 Å². The highest BCUT2D eigenvalue weighted by molar-refractivity contribution is 7.92. The van der Waals surface area contributed by atoms with Gasteiger partial charge in [0, 0.05) is 27.7 Å². The Hall–Kier alpha value is -3.88. The maximum Gasteiger partial charge on any atom is 0.264 e. The highest BCUT2D eigenvalue weighted by Gasteiger charge is 2.27. The molecular formula is C30H31ClN4O3S. The van der Waals surface area contributed by atoms with Crippen LogP contribution in [0, 0.1) is 34.6 Å². The van der Waals surface area contributed by atoms with Gasteiger partial charge in [-0.3, -0.25) is 9.10 Å². The highest BCUT2D eigenvalue weighted by atomic mass is 35.5. The van der Waals surface area contributed by atoms with E-state index in [1.807, 2.05) is 26.8 Å². The number of rotatable bonds is 8. The predicted molar refractivity (Wildman–Crippen MR) is 158 cm³/mol. The molecule has 4 aromatic rings. The number of halogens is 1. The minimum absolute atomic E-state index is 0.0665. The number of carbonyl (C=O) groups is 1. The Balaban J connectivity index is 1.56. The number of hydrazone groups is 1. The molecule has 1 aromatic heterocycles. The molecule has 0 unspecified atom stereocenters. The third kappa shape index (κ3) is 6.08. The SMILES string of the molecule is Cc1ccc(-n2c(C)cc(/C=N/NC(=O)CN(c3ccc(C)c(Cl)c3)S(=O)(=O)c3ccccc3)c2C)cc1C. The van der Waals surface area contributed by atoms with Crippen molar-refractivity contribution < 1.29 is 13.2 Å². The van der Waals surface area contributed by atoms with Gasteiger partial charge < -0.3 is 4.57 Å². The van der Waals surface area contributed by atoms with E-state index < -0.39 is 22.5 Å². The first-order valence-corrected chi connectivity index (χ1v) is 14.2. The van der Waals surface area contributed by atoms with E-state index in [1.54, 1.807) is 36.5 Å². The molecule has 1 N–H and O–H groups in total. The van der Waals surface area contributed by atoms with Crippen molar-refractivity contribution in [2.75, 3.05) is 10.8 Å². The van der Waals surface area contributed by atoms with Crippen LogP contribution in [0.25, 0.3) is 5.69 Å². The number of nitrogens with one attached hydrogen (secondary N) is 1. The number of aryl methyl sites for hydroxylation is 4. The summed E-state index contributed by atoms with van der Waals surface area (Å²) in [5, 5.41) is 4.53. The van der Waals surface area contributed by atoms with Gasteiger partial charge in [-0.15, -0.1) is 0 Å². The predicted octanol–water partition coefficient (Wildman–Crippen LogP) is 6.02. The summed E-state index contributed by atoms with van der Waals surface area (Å²) in [4.78, 5) is 13.0. The molecule has 202 valence electrons. The zero-order chi connectivity index (χ0) is 28.3. The van der Waals surface area contributed by atoms with Crippen LogP contribution in [0.3, 0.4) is 0 Å². The largest absolute Gasteiger partial charge is 0.318 e. The molecule has 39 heavy (non-hydrogen) atoms. The fraction of sp³-hybridized carbons (Fsp3) is 0.200. The molecule has 9 heteroatoms. The van der Waals surface area contributed by atoms with Crippen molar-refractivity contribution >= 4 is 39.4 Å². The molecule has 0 saturated carbocycles. The van der Waals surface area contributed by atoms with Crippen LogP contribution in [-0.4, -0.2) is 31.7 Å². The van der Waals surface area contributed by atoms with Crippen molar-refractivity contribution in [1.29, 1.82) is 0 Å². The van der Waals surface area contributed by atoms with Crippen molar-refractivity contribution in [3.63, 3.8) is 0 Å². The third-order valence-corrected chi connectivity index (χ3v) is 8.87. The Morgan fingerprint density at radius 1 is 0.923 bits per heavy atom. The maximum atomic E-state index is 13.5. The number of anilines is 1. The van der Waals surface area contributed by atoms with Gasteiger partial charge in [-0.25, -0.2) is 13.8 Å². The molecule has 3 aromatic carbocycles. The second-order valence-corrected chi connectivity index (χ2v) is 11.8. The van der Waals surface area contributed by atoms with Gasteiger partial charge in [-0.2, -0.15) is 5.10 Å². The van der Waals surface area contributed by atoms with Crippen LogP contribution in [0.4, 0.5) is 5.69 Å². The first-order valence-electron chi connectivity index (χ1n) is 12.4. The summed E-state index contributed by atoms with van der Waals surface area (Å²) in [6, 6.07) is 21.1. The van der Waals surface area contributed by atoms with Crippen molar-refractivity contribution in [3.05, 3.63) is 111 Å². The van der Waals surface area contributed by atoms with Crippen LogP contribution in [0.1, 0.15) is 33.6 Å². The van der Waals surface area contributed by atoms with E-state index >= 15 is 0 Å². The number of hydrogen-bond acceptors (Lipinski definition) is 4. The van der Waals surface area contributed by atoms with Crippen molar-refractivity contribution in [3.8, 4) is 5.69 Å². The monoisotopic (exact) mass is 562 g/mol. The third-order valence-electron chi connectivity index (χ3n) is 6.67. The Bertz CT molecular complexity index is 1660. The zero-order valence-electron chi connectivity index (χ0n) is 22.6. The molecule has 0 bridgehead atoms. The van der Waals surface area contributed by atoms with Crippen molar-refractivity contribution in [2.24, 2.45) is 5.10 Å². The minimum atomic E-state index is -4.04. The van der Waals surface area contributed by atoms with E-state index in [4.69, 9.17) is 11.6 Å². The maximum absolute atomic E-state index is 13.5. The molecule has 0 atom stereocenters. The number of sulfonamides is 1. The van der Waals surface area contributed by atoms with E-state index in [0.717, 1.165) is 32.5 Å². The van der Waals surface area contributed by atoms with E-state index in [1.165, 1.54) is 29.3 Å². The van der Waals surface area contributed by atoms with Crippen LogP contribution in [-0.2, 0) is 14.8 Å². The summed E-state index contributed by atoms with van der Waals surface area (Å²) in [6.45, 7) is 9.50. The van der Waals surface area contributed by atoms with Gasteiger partial charge in [-0.05, 0) is 93.8 Å². The van der Waals surface area contributed by atoms with Crippen LogP contribution in [0.2, 0.25) is 5.02 Å². The molecule has 0 aliphatic carbocycles. The first kappa shape index (κ1) is 28.1. The smallest absolute Gasteiger partial charge is 0.264 e. The quantitative estimate of drug-likeness (QED) is 0.210. The lowest BCUT2D eigenvalue weighted by molar-refractivity contribution is -0.119. The highest BCUT2D eigenvalue weighted by Crippen LogP contribution is 2.28. The van der Waals surface area contributed by atoms with Crippen LogP contribution in [0.15, 0.2) is 82.8 Å². The second-order valence-electron chi connectivity index (χ2n) is 9.48. The molecule has 0 fully saturated rings. The number of benzene rings is 3. The molecule has 1 heterocycles. The Morgan fingerprint density at radius 2 is 1.62 bits per heavy atom. The average Bonchev–Trinajstić information content (AvgIpc) is 3.19. The van der Waals surface area contributed by atoms with Gasteiger partial charge in [-0.1, -0.05) is 41.9 Å². The summed E-state index contributed by atoms with van der Waals surface area (Å²) in [7, 11) is -4.04. The second kappa shape index (κ2) is 11.5. The number of carbonyl (C=O) groups excluding carboxylic acids is 1. The molecular weight excluding hydrogens is 532 g/mol. The molecule has 0 saturated heterocycles. The zero-order valence-corrected chi connectivity index (χ0v) is 24.1. The van der Waals surface area contributed by atoms with E-state index in [9.17, 15) is 13.2 Å². The number of hydrogen-bond donors (Lipinski definition) is 1. The average molecular weight is 563 g/mol. The van der Waals surface area contributed by atoms with Gasteiger partial charge in [0.25, 0.3) is 15.9 Å². The topological polar surface area (TPSA) is 83.8 Å². The lowest BCUT2D eigenvalue weighted by Gasteiger charge is -2.24. The fourth-order valence-electron chi connectivity index (χ4n) is 4.29. The Morgan fingerprint density at radius 3 is 2.28 bits per heavy atom. The summed E-state index contributed by atoms with van der Waals surface area (Å²) >= 11 is 6.28. The van der Waals surface area contributed by atoms with Gasteiger partial charge >= 0.3 is 0 Å². The molecule has 1 amide bonds. The molecule has 0 aliphatic heterocycles. The van der Waals surface area contributed by atoms with E-state index in [2.05, 4.69) is 47.1 Å². The lowest BCUT2D eigenvalue weighted by atomic mass is 10.1. The molecule has 7 nitrogen and oxygen atoms in total. The van der Waals surface area contributed by atoms with E-state index in [0.29, 0.717) is 5.02 Å². The van der Waals surface area contributed by atoms with Crippen molar-refractivity contribution in [1.82, 2.24) is 9.99 Å². The summed E-state index contributed by atoms with van der Waals surface area (Å²) in [6.07, 6.45) is 1.57. The standard InChI is InChI=1S/C30H31ClN4O3S/c1-20-11-14-27(15-22(20)3)35-23(4)16-25(24(35)5)18-32-33-30(36)19-34(26-13-12-21(2)29(31)17-26)39(37,38)28-9-7-6-8-10-28/h6-18H,19H2,1-5H3,(H,33,36)/b32-18+. The van der Waals surface area contributed by atoms with Crippen LogP contribution in [0.5, 0.6) is 0 Å². The molecule has 0 spiro atoms. The summed E-state index contributed by atoms with van der Waals surface area (Å²) < 4.78 is 30.1. The lowest BCUT2D eigenvalue weighted by Crippen LogP contribution is -2.39. The molecule has 0 radical (unpaired) electrons. The van der Waals surface area contributed by atoms with Gasteiger partial charge in [0.2, 0.25) is 0 Å². The van der Waals surface area contributed by atoms with Crippen LogP contribution >= 0.6 is 11.6 Å². The summed E-state index contributed by atoms with van der Waals surface area (Å²) in [5.41, 5.74) is 9.87.